The molecular formula is C11H9N3O. The van der Waals surface area contributed by atoms with Crippen molar-refractivity contribution in [3.8, 4) is 0 Å². The molecule has 1 aromatic heterocycles. The minimum absolute atomic E-state index is 0.0621. The van der Waals surface area contributed by atoms with E-state index in [0.717, 1.165) is 0 Å². The van der Waals surface area contributed by atoms with Crippen LogP contribution in [0.1, 0.15) is 10.4 Å². The Morgan fingerprint density at radius 3 is 2.47 bits per heavy atom. The van der Waals surface area contributed by atoms with Crippen LogP contribution >= 0.6 is 0 Å². The second-order valence-electron chi connectivity index (χ2n) is 2.90. The summed E-state index contributed by atoms with van der Waals surface area (Å²) < 4.78 is 0. The molecule has 2 rings (SSSR count). The maximum absolute atomic E-state index is 11.6. The Bertz CT molecular complexity index is 460. The second kappa shape index (κ2) is 4.32. The first kappa shape index (κ1) is 9.33. The monoisotopic (exact) mass is 199 g/mol. The van der Waals surface area contributed by atoms with Crippen LogP contribution < -0.4 is 0 Å². The normalized spacial score (nSPS) is 10.7. The van der Waals surface area contributed by atoms with E-state index in [1.807, 2.05) is 18.2 Å². The van der Waals surface area contributed by atoms with Crippen LogP contribution in [0.2, 0.25) is 0 Å². The molecule has 4 nitrogen and oxygen atoms in total. The van der Waals surface area contributed by atoms with Crippen LogP contribution in [-0.2, 0) is 0 Å². The van der Waals surface area contributed by atoms with E-state index in [9.17, 15) is 4.79 Å². The predicted molar refractivity (Wildman–Crippen MR) is 56.1 cm³/mol. The fraction of sp³-hybridized carbons (Fsp3) is 0. The van der Waals surface area contributed by atoms with Crippen molar-refractivity contribution < 1.29 is 4.79 Å². The number of benzene rings is 1. The number of hydrogen-bond donors (Lipinski definition) is 0. The van der Waals surface area contributed by atoms with E-state index < -0.39 is 0 Å². The highest BCUT2D eigenvalue weighted by Crippen LogP contribution is 2.00. The largest absolute Gasteiger partial charge is 0.289 e. The van der Waals surface area contributed by atoms with E-state index in [0.29, 0.717) is 5.56 Å². The summed E-state index contributed by atoms with van der Waals surface area (Å²) in [5, 5.41) is 7.70. The molecule has 1 aromatic carbocycles. The molecule has 0 aliphatic rings. The molecule has 0 amide bonds. The number of hydrogen-bond acceptors (Lipinski definition) is 3. The van der Waals surface area contributed by atoms with E-state index >= 15 is 0 Å². The van der Waals surface area contributed by atoms with Crippen LogP contribution in [0.5, 0.6) is 0 Å². The van der Waals surface area contributed by atoms with Crippen molar-refractivity contribution in [3.05, 3.63) is 54.4 Å². The lowest BCUT2D eigenvalue weighted by Gasteiger charge is -1.93. The lowest BCUT2D eigenvalue weighted by atomic mass is 10.1. The highest BCUT2D eigenvalue weighted by molar-refractivity contribution is 6.05. The zero-order valence-corrected chi connectivity index (χ0v) is 7.95. The topological polar surface area (TPSA) is 47.8 Å². The summed E-state index contributed by atoms with van der Waals surface area (Å²) in [4.78, 5) is 12.9. The van der Waals surface area contributed by atoms with Gasteiger partial charge in [-0.2, -0.15) is 15.0 Å². The maximum atomic E-state index is 11.6. The number of rotatable bonds is 3. The van der Waals surface area contributed by atoms with Gasteiger partial charge in [0, 0.05) is 11.6 Å². The molecule has 2 aromatic rings. The number of allylic oxidation sites excluding steroid dienone is 1. The number of carbonyl (C=O) groups excluding carboxylic acids is 1. The van der Waals surface area contributed by atoms with E-state index in [4.69, 9.17) is 0 Å². The number of nitrogens with zero attached hydrogens (tertiary/aromatic N) is 3. The Morgan fingerprint density at radius 1 is 1.13 bits per heavy atom. The Morgan fingerprint density at radius 2 is 1.80 bits per heavy atom. The molecule has 0 unspecified atom stereocenters. The highest BCUT2D eigenvalue weighted by atomic mass is 16.1. The molecule has 0 atom stereocenters. The van der Waals surface area contributed by atoms with Gasteiger partial charge in [0.25, 0.3) is 0 Å². The SMILES string of the molecule is O=C(/C=C/n1nccn1)c1ccccc1. The van der Waals surface area contributed by atoms with Gasteiger partial charge in [-0.05, 0) is 0 Å². The van der Waals surface area contributed by atoms with Crippen molar-refractivity contribution in [1.29, 1.82) is 0 Å². The van der Waals surface area contributed by atoms with Crippen LogP contribution in [0.4, 0.5) is 0 Å². The fourth-order valence-corrected chi connectivity index (χ4v) is 1.14. The molecule has 4 heteroatoms. The summed E-state index contributed by atoms with van der Waals surface area (Å²) in [5.74, 6) is -0.0621. The van der Waals surface area contributed by atoms with Gasteiger partial charge >= 0.3 is 0 Å². The smallest absolute Gasteiger partial charge is 0.187 e. The summed E-state index contributed by atoms with van der Waals surface area (Å²) in [6, 6.07) is 9.06. The predicted octanol–water partition coefficient (Wildman–Crippen LogP) is 1.63. The summed E-state index contributed by atoms with van der Waals surface area (Å²) in [5.41, 5.74) is 0.654. The molecule has 74 valence electrons. The van der Waals surface area contributed by atoms with Crippen LogP contribution in [0.25, 0.3) is 6.20 Å². The lowest BCUT2D eigenvalue weighted by molar-refractivity contribution is 0.104. The van der Waals surface area contributed by atoms with Gasteiger partial charge in [0.05, 0.1) is 18.6 Å². The van der Waals surface area contributed by atoms with Crippen molar-refractivity contribution in [2.75, 3.05) is 0 Å². The molecule has 1 heterocycles. The van der Waals surface area contributed by atoms with E-state index in [1.54, 1.807) is 24.5 Å². The Kier molecular flexibility index (Phi) is 2.69. The van der Waals surface area contributed by atoms with Gasteiger partial charge in [0.15, 0.2) is 5.78 Å². The van der Waals surface area contributed by atoms with E-state index in [2.05, 4.69) is 10.2 Å². The van der Waals surface area contributed by atoms with Gasteiger partial charge in [-0.25, -0.2) is 0 Å². The maximum Gasteiger partial charge on any atom is 0.187 e. The van der Waals surface area contributed by atoms with Crippen molar-refractivity contribution >= 4 is 12.0 Å². The molecule has 0 aliphatic heterocycles. The highest BCUT2D eigenvalue weighted by Gasteiger charge is 1.98. The summed E-state index contributed by atoms with van der Waals surface area (Å²) in [6.07, 6.45) is 6.07. The molecule has 0 radical (unpaired) electrons. The van der Waals surface area contributed by atoms with Crippen molar-refractivity contribution in [2.45, 2.75) is 0 Å². The summed E-state index contributed by atoms with van der Waals surface area (Å²) in [7, 11) is 0. The Balaban J connectivity index is 2.11. The first-order valence-electron chi connectivity index (χ1n) is 4.49. The molecule has 0 fully saturated rings. The molecule has 0 aliphatic carbocycles. The third-order valence-electron chi connectivity index (χ3n) is 1.85. The van der Waals surface area contributed by atoms with Crippen LogP contribution in [-0.4, -0.2) is 20.8 Å². The van der Waals surface area contributed by atoms with Crippen LogP contribution in [0.15, 0.2) is 48.8 Å². The number of carbonyl (C=O) groups is 1. The standard InChI is InChI=1S/C11H9N3O/c15-11(10-4-2-1-3-5-10)6-9-14-12-7-8-13-14/h1-9H/b9-6+. The lowest BCUT2D eigenvalue weighted by Crippen LogP contribution is -1.96. The van der Waals surface area contributed by atoms with Crippen molar-refractivity contribution in [1.82, 2.24) is 15.0 Å². The zero-order chi connectivity index (χ0) is 10.5. The van der Waals surface area contributed by atoms with Crippen molar-refractivity contribution in [2.24, 2.45) is 0 Å². The molecular weight excluding hydrogens is 190 g/mol. The van der Waals surface area contributed by atoms with E-state index in [1.165, 1.54) is 17.1 Å². The van der Waals surface area contributed by atoms with E-state index in [-0.39, 0.29) is 5.78 Å². The Labute approximate surface area is 86.9 Å². The molecule has 15 heavy (non-hydrogen) atoms. The van der Waals surface area contributed by atoms with Gasteiger partial charge in [-0.3, -0.25) is 4.79 Å². The zero-order valence-electron chi connectivity index (χ0n) is 7.95. The Hall–Kier alpha value is -2.23. The van der Waals surface area contributed by atoms with Crippen LogP contribution in [0.3, 0.4) is 0 Å². The summed E-state index contributed by atoms with van der Waals surface area (Å²) in [6.45, 7) is 0. The number of ketones is 1. The third kappa shape index (κ3) is 2.37. The molecule has 0 saturated heterocycles. The minimum Gasteiger partial charge on any atom is -0.289 e. The summed E-state index contributed by atoms with van der Waals surface area (Å²) >= 11 is 0. The first-order valence-corrected chi connectivity index (χ1v) is 4.49. The molecule has 0 saturated carbocycles. The molecule has 0 bridgehead atoms. The van der Waals surface area contributed by atoms with Crippen LogP contribution in [0, 0.1) is 0 Å². The fourth-order valence-electron chi connectivity index (χ4n) is 1.14. The second-order valence-corrected chi connectivity index (χ2v) is 2.90. The van der Waals surface area contributed by atoms with Crippen molar-refractivity contribution in [3.63, 3.8) is 0 Å². The van der Waals surface area contributed by atoms with Gasteiger partial charge < -0.3 is 0 Å². The molecule has 0 N–H and O–H groups in total. The molecule has 0 spiro atoms. The van der Waals surface area contributed by atoms with Gasteiger partial charge in [-0.15, -0.1) is 0 Å². The van der Waals surface area contributed by atoms with Gasteiger partial charge in [0.1, 0.15) is 0 Å². The first-order chi connectivity index (χ1) is 7.36. The minimum atomic E-state index is -0.0621. The average molecular weight is 199 g/mol. The van der Waals surface area contributed by atoms with Gasteiger partial charge in [0.2, 0.25) is 0 Å². The van der Waals surface area contributed by atoms with Gasteiger partial charge in [-0.1, -0.05) is 30.3 Å². The third-order valence-corrected chi connectivity index (χ3v) is 1.85. The number of aromatic nitrogens is 3. The average Bonchev–Trinajstić information content (AvgIpc) is 2.80. The quantitative estimate of drug-likeness (QED) is 0.557.